The van der Waals surface area contributed by atoms with Gasteiger partial charge >= 0.3 is 0 Å². The molecule has 0 aromatic heterocycles. The average Bonchev–Trinajstić information content (AvgIpc) is 2.36. The Bertz CT molecular complexity index is 575. The Labute approximate surface area is 113 Å². The molecule has 94 valence electrons. The number of para-hydroxylation sites is 1. The highest BCUT2D eigenvalue weighted by Crippen LogP contribution is 2.33. The van der Waals surface area contributed by atoms with Crippen molar-refractivity contribution in [2.24, 2.45) is 0 Å². The molecule has 0 aliphatic rings. The molecule has 2 rings (SSSR count). The molecule has 3 nitrogen and oxygen atoms in total. The second-order valence-corrected chi connectivity index (χ2v) is 4.53. The third-order valence-electron chi connectivity index (χ3n) is 2.48. The minimum Gasteiger partial charge on any atom is -0.495 e. The predicted molar refractivity (Wildman–Crippen MR) is 74.8 cm³/mol. The van der Waals surface area contributed by atoms with Crippen molar-refractivity contribution in [2.75, 3.05) is 18.2 Å². The molecule has 18 heavy (non-hydrogen) atoms. The molecule has 5 heteroatoms. The zero-order chi connectivity index (χ0) is 13.1. The Morgan fingerprint density at radius 1 is 1.22 bits per heavy atom. The number of hydrogen-bond donors (Lipinski definition) is 2. The van der Waals surface area contributed by atoms with Crippen molar-refractivity contribution < 1.29 is 9.13 Å². The molecule has 0 aliphatic heterocycles. The molecule has 0 aliphatic carbocycles. The van der Waals surface area contributed by atoms with Crippen LogP contribution in [0.3, 0.4) is 0 Å². The maximum Gasteiger partial charge on any atom is 0.143 e. The van der Waals surface area contributed by atoms with Gasteiger partial charge in [-0.25, -0.2) is 4.39 Å². The van der Waals surface area contributed by atoms with Gasteiger partial charge in [0.1, 0.15) is 11.6 Å². The summed E-state index contributed by atoms with van der Waals surface area (Å²) in [5, 5.41) is 3.06. The van der Waals surface area contributed by atoms with Crippen LogP contribution in [0.15, 0.2) is 40.9 Å². The third-order valence-corrected chi connectivity index (χ3v) is 3.18. The highest BCUT2D eigenvalue weighted by atomic mass is 79.9. The van der Waals surface area contributed by atoms with Gasteiger partial charge in [0.15, 0.2) is 0 Å². The molecule has 2 aromatic rings. The van der Waals surface area contributed by atoms with Crippen LogP contribution in [-0.2, 0) is 0 Å². The van der Waals surface area contributed by atoms with E-state index >= 15 is 0 Å². The predicted octanol–water partition coefficient (Wildman–Crippen LogP) is 3.92. The molecule has 0 spiro atoms. The Morgan fingerprint density at radius 3 is 2.72 bits per heavy atom. The summed E-state index contributed by atoms with van der Waals surface area (Å²) in [6, 6.07) is 9.78. The van der Waals surface area contributed by atoms with Crippen LogP contribution >= 0.6 is 15.9 Å². The van der Waals surface area contributed by atoms with Crippen molar-refractivity contribution in [3.63, 3.8) is 0 Å². The van der Waals surface area contributed by atoms with E-state index in [2.05, 4.69) is 21.2 Å². The Morgan fingerprint density at radius 2 is 2.00 bits per heavy atom. The van der Waals surface area contributed by atoms with Gasteiger partial charge in [-0.1, -0.05) is 6.07 Å². The van der Waals surface area contributed by atoms with Gasteiger partial charge in [-0.05, 0) is 46.3 Å². The summed E-state index contributed by atoms with van der Waals surface area (Å²) in [6.07, 6.45) is 0. The Balaban J connectivity index is 2.37. The van der Waals surface area contributed by atoms with E-state index in [0.717, 1.165) is 4.47 Å². The van der Waals surface area contributed by atoms with Crippen molar-refractivity contribution in [1.82, 2.24) is 0 Å². The highest BCUT2D eigenvalue weighted by Gasteiger charge is 2.07. The molecule has 0 amide bonds. The van der Waals surface area contributed by atoms with Gasteiger partial charge in [-0.15, -0.1) is 0 Å². The minimum absolute atomic E-state index is 0.317. The van der Waals surface area contributed by atoms with E-state index in [9.17, 15) is 4.39 Å². The average molecular weight is 311 g/mol. The van der Waals surface area contributed by atoms with Crippen molar-refractivity contribution in [3.05, 3.63) is 46.7 Å². The molecule has 0 unspecified atom stereocenters. The van der Waals surface area contributed by atoms with Crippen molar-refractivity contribution in [1.29, 1.82) is 0 Å². The number of halogens is 2. The molecule has 0 fully saturated rings. The number of ether oxygens (including phenoxy) is 1. The molecule has 3 N–H and O–H groups in total. The van der Waals surface area contributed by atoms with Crippen molar-refractivity contribution >= 4 is 33.0 Å². The maximum absolute atomic E-state index is 13.2. The van der Waals surface area contributed by atoms with E-state index in [1.54, 1.807) is 25.3 Å². The first-order chi connectivity index (χ1) is 8.61. The molecule has 0 bridgehead atoms. The first kappa shape index (κ1) is 12.7. The van der Waals surface area contributed by atoms with E-state index < -0.39 is 0 Å². The van der Waals surface area contributed by atoms with Gasteiger partial charge in [-0.3, -0.25) is 0 Å². The van der Waals surface area contributed by atoms with Gasteiger partial charge in [0.25, 0.3) is 0 Å². The lowest BCUT2D eigenvalue weighted by Gasteiger charge is -2.13. The summed E-state index contributed by atoms with van der Waals surface area (Å²) >= 11 is 3.35. The Hall–Kier alpha value is -1.75. The van der Waals surface area contributed by atoms with Gasteiger partial charge in [0, 0.05) is 4.47 Å². The van der Waals surface area contributed by atoms with Crippen LogP contribution in [0.5, 0.6) is 5.75 Å². The fourth-order valence-corrected chi connectivity index (χ4v) is 1.92. The van der Waals surface area contributed by atoms with Gasteiger partial charge < -0.3 is 15.8 Å². The van der Waals surface area contributed by atoms with Crippen LogP contribution < -0.4 is 15.8 Å². The smallest absolute Gasteiger partial charge is 0.143 e. The quantitative estimate of drug-likeness (QED) is 0.845. The zero-order valence-corrected chi connectivity index (χ0v) is 11.3. The zero-order valence-electron chi connectivity index (χ0n) is 9.71. The molecular formula is C13H12BrFN2O. The number of anilines is 3. The van der Waals surface area contributed by atoms with E-state index in [1.165, 1.54) is 12.1 Å². The van der Waals surface area contributed by atoms with Crippen LogP contribution in [0.4, 0.5) is 21.5 Å². The standard InChI is InChI=1S/C13H12BrFN2O/c1-18-12-4-2-3-10(13(12)16)17-11-7-8(15)5-6-9(11)14/h2-7,17H,16H2,1H3. The van der Waals surface area contributed by atoms with Crippen LogP contribution in [0.2, 0.25) is 0 Å². The molecule has 2 aromatic carbocycles. The number of nitrogen functional groups attached to an aromatic ring is 1. The lowest BCUT2D eigenvalue weighted by atomic mass is 10.2. The molecule has 0 atom stereocenters. The topological polar surface area (TPSA) is 47.3 Å². The fraction of sp³-hybridized carbons (Fsp3) is 0.0769. The first-order valence-corrected chi connectivity index (χ1v) is 6.05. The fourth-order valence-electron chi connectivity index (χ4n) is 1.57. The first-order valence-electron chi connectivity index (χ1n) is 5.26. The maximum atomic E-state index is 13.2. The van der Waals surface area contributed by atoms with E-state index in [0.29, 0.717) is 22.8 Å². The lowest BCUT2D eigenvalue weighted by Crippen LogP contribution is -1.99. The molecule has 0 radical (unpaired) electrons. The molecular weight excluding hydrogens is 299 g/mol. The van der Waals surface area contributed by atoms with Crippen molar-refractivity contribution in [2.45, 2.75) is 0 Å². The second kappa shape index (κ2) is 5.27. The largest absolute Gasteiger partial charge is 0.495 e. The van der Waals surface area contributed by atoms with E-state index in [4.69, 9.17) is 10.5 Å². The summed E-state index contributed by atoms with van der Waals surface area (Å²) in [6.45, 7) is 0. The summed E-state index contributed by atoms with van der Waals surface area (Å²) in [5.74, 6) is 0.259. The van der Waals surface area contributed by atoms with Crippen LogP contribution in [-0.4, -0.2) is 7.11 Å². The van der Waals surface area contributed by atoms with Crippen LogP contribution in [0.25, 0.3) is 0 Å². The minimum atomic E-state index is -0.317. The van der Waals surface area contributed by atoms with E-state index in [-0.39, 0.29) is 5.82 Å². The van der Waals surface area contributed by atoms with Crippen LogP contribution in [0.1, 0.15) is 0 Å². The SMILES string of the molecule is COc1cccc(Nc2cc(F)ccc2Br)c1N. The second-order valence-electron chi connectivity index (χ2n) is 3.67. The summed E-state index contributed by atoms with van der Waals surface area (Å²) < 4.78 is 19.1. The number of rotatable bonds is 3. The highest BCUT2D eigenvalue weighted by molar-refractivity contribution is 9.10. The van der Waals surface area contributed by atoms with Gasteiger partial charge in [0.2, 0.25) is 0 Å². The van der Waals surface area contributed by atoms with Gasteiger partial charge in [0.05, 0.1) is 24.2 Å². The van der Waals surface area contributed by atoms with Gasteiger partial charge in [-0.2, -0.15) is 0 Å². The molecule has 0 saturated heterocycles. The summed E-state index contributed by atoms with van der Waals surface area (Å²) in [5.41, 5.74) is 7.69. The van der Waals surface area contributed by atoms with E-state index in [1.807, 2.05) is 6.07 Å². The lowest BCUT2D eigenvalue weighted by molar-refractivity contribution is 0.417. The Kier molecular flexibility index (Phi) is 3.72. The number of hydrogen-bond acceptors (Lipinski definition) is 3. The monoisotopic (exact) mass is 310 g/mol. The summed E-state index contributed by atoms with van der Waals surface area (Å²) in [7, 11) is 1.55. The van der Waals surface area contributed by atoms with Crippen molar-refractivity contribution in [3.8, 4) is 5.75 Å². The molecule has 0 heterocycles. The summed E-state index contributed by atoms with van der Waals surface area (Å²) in [4.78, 5) is 0. The third kappa shape index (κ3) is 2.56. The number of nitrogens with one attached hydrogen (secondary N) is 1. The van der Waals surface area contributed by atoms with Crippen LogP contribution in [0, 0.1) is 5.82 Å². The number of benzene rings is 2. The number of nitrogens with two attached hydrogens (primary N) is 1. The molecule has 0 saturated carbocycles. The normalized spacial score (nSPS) is 10.2. The number of methoxy groups -OCH3 is 1.